The number of pyridine rings is 1. The molecule has 0 bridgehead atoms. The number of aromatic nitrogens is 1. The number of nitrogens with two attached hydrogens (primary N) is 1. The van der Waals surface area contributed by atoms with Crippen molar-refractivity contribution in [1.82, 2.24) is 9.88 Å². The maximum absolute atomic E-state index is 6.40. The van der Waals surface area contributed by atoms with Crippen LogP contribution < -0.4 is 10.6 Å². The van der Waals surface area contributed by atoms with E-state index < -0.39 is 0 Å². The van der Waals surface area contributed by atoms with Crippen LogP contribution in [0.3, 0.4) is 0 Å². The zero-order valence-corrected chi connectivity index (χ0v) is 15.4. The van der Waals surface area contributed by atoms with Crippen LogP contribution in [0.1, 0.15) is 29.9 Å². The molecule has 1 aromatic carbocycles. The van der Waals surface area contributed by atoms with Crippen molar-refractivity contribution in [2.45, 2.75) is 31.3 Å². The van der Waals surface area contributed by atoms with E-state index in [1.807, 2.05) is 6.20 Å². The van der Waals surface area contributed by atoms with Crippen molar-refractivity contribution in [3.05, 3.63) is 59.8 Å². The Kier molecular flexibility index (Phi) is 5.94. The zero-order chi connectivity index (χ0) is 16.4. The van der Waals surface area contributed by atoms with Gasteiger partial charge in [-0.3, -0.25) is 4.90 Å². The summed E-state index contributed by atoms with van der Waals surface area (Å²) in [5, 5.41) is 0. The Morgan fingerprint density at radius 2 is 1.76 bits per heavy atom. The van der Waals surface area contributed by atoms with Crippen molar-refractivity contribution in [2.75, 3.05) is 31.1 Å². The van der Waals surface area contributed by atoms with Crippen LogP contribution in [0.25, 0.3) is 0 Å². The summed E-state index contributed by atoms with van der Waals surface area (Å²) < 4.78 is 0. The summed E-state index contributed by atoms with van der Waals surface area (Å²) in [5.74, 6) is 1.56. The molecule has 2 N–H and O–H groups in total. The van der Waals surface area contributed by atoms with Crippen molar-refractivity contribution in [1.29, 1.82) is 0 Å². The van der Waals surface area contributed by atoms with Gasteiger partial charge in [-0.05, 0) is 30.0 Å². The first kappa shape index (κ1) is 18.2. The molecule has 134 valence electrons. The lowest BCUT2D eigenvalue weighted by atomic mass is 9.95. The number of halogens is 1. The molecule has 2 fully saturated rings. The second-order valence-corrected chi connectivity index (χ2v) is 7.09. The molecule has 4 rings (SSSR count). The smallest absolute Gasteiger partial charge is 0.128 e. The van der Waals surface area contributed by atoms with Gasteiger partial charge < -0.3 is 10.6 Å². The molecule has 25 heavy (non-hydrogen) atoms. The van der Waals surface area contributed by atoms with Gasteiger partial charge in [-0.25, -0.2) is 4.98 Å². The van der Waals surface area contributed by atoms with Gasteiger partial charge in [-0.15, -0.1) is 12.4 Å². The first-order valence-electron chi connectivity index (χ1n) is 9.02. The van der Waals surface area contributed by atoms with E-state index in [9.17, 15) is 0 Å². The van der Waals surface area contributed by atoms with Crippen molar-refractivity contribution in [3.8, 4) is 0 Å². The summed E-state index contributed by atoms with van der Waals surface area (Å²) in [5.41, 5.74) is 9.03. The minimum atomic E-state index is 0. The molecule has 2 aliphatic rings. The number of nitrogens with zero attached hydrogens (tertiary/aromatic N) is 3. The van der Waals surface area contributed by atoms with Gasteiger partial charge in [0.2, 0.25) is 0 Å². The van der Waals surface area contributed by atoms with Gasteiger partial charge in [-0.2, -0.15) is 0 Å². The van der Waals surface area contributed by atoms with Gasteiger partial charge in [0.15, 0.2) is 0 Å². The third kappa shape index (κ3) is 4.14. The molecule has 2 aliphatic heterocycles. The number of rotatable bonds is 4. The van der Waals surface area contributed by atoms with Gasteiger partial charge in [0.05, 0.1) is 0 Å². The van der Waals surface area contributed by atoms with Gasteiger partial charge in [0.1, 0.15) is 5.82 Å². The third-order valence-electron chi connectivity index (χ3n) is 5.31. The highest BCUT2D eigenvalue weighted by Gasteiger charge is 2.31. The lowest BCUT2D eigenvalue weighted by Crippen LogP contribution is -2.28. The lowest BCUT2D eigenvalue weighted by Gasteiger charge is -2.18. The first-order valence-corrected chi connectivity index (χ1v) is 9.02. The highest BCUT2D eigenvalue weighted by molar-refractivity contribution is 5.85. The average Bonchev–Trinajstić information content (AvgIpc) is 3.26. The van der Waals surface area contributed by atoms with Crippen molar-refractivity contribution in [2.24, 2.45) is 5.73 Å². The van der Waals surface area contributed by atoms with Crippen LogP contribution in [0, 0.1) is 0 Å². The predicted octanol–water partition coefficient (Wildman–Crippen LogP) is 3.03. The molecule has 0 aliphatic carbocycles. The zero-order valence-electron chi connectivity index (χ0n) is 14.6. The molecule has 5 heteroatoms. The average molecular weight is 359 g/mol. The number of anilines is 1. The van der Waals surface area contributed by atoms with Gasteiger partial charge in [0, 0.05) is 50.9 Å². The fourth-order valence-corrected chi connectivity index (χ4v) is 4.00. The van der Waals surface area contributed by atoms with Crippen LogP contribution >= 0.6 is 12.4 Å². The molecular formula is C20H27ClN4. The second-order valence-electron chi connectivity index (χ2n) is 7.09. The molecule has 2 saturated heterocycles. The summed E-state index contributed by atoms with van der Waals surface area (Å²) >= 11 is 0. The van der Waals surface area contributed by atoms with E-state index in [1.165, 1.54) is 24.0 Å². The molecule has 0 unspecified atom stereocenters. The highest BCUT2D eigenvalue weighted by atomic mass is 35.5. The van der Waals surface area contributed by atoms with Gasteiger partial charge >= 0.3 is 0 Å². The Balaban J connectivity index is 0.00000182. The summed E-state index contributed by atoms with van der Waals surface area (Å²) in [6, 6.07) is 15.3. The van der Waals surface area contributed by atoms with Crippen molar-refractivity contribution < 1.29 is 0 Å². The van der Waals surface area contributed by atoms with Crippen LogP contribution in [0.15, 0.2) is 48.7 Å². The van der Waals surface area contributed by atoms with Crippen molar-refractivity contribution >= 4 is 18.2 Å². The quantitative estimate of drug-likeness (QED) is 0.912. The van der Waals surface area contributed by atoms with E-state index >= 15 is 0 Å². The van der Waals surface area contributed by atoms with E-state index in [2.05, 4.69) is 57.2 Å². The minimum absolute atomic E-state index is 0. The first-order chi connectivity index (χ1) is 11.8. The minimum Gasteiger partial charge on any atom is -0.357 e. The summed E-state index contributed by atoms with van der Waals surface area (Å²) in [7, 11) is 0. The number of likely N-dealkylation sites (tertiary alicyclic amines) is 1. The van der Waals surface area contributed by atoms with Crippen LogP contribution in [-0.4, -0.2) is 42.1 Å². The van der Waals surface area contributed by atoms with E-state index in [4.69, 9.17) is 5.73 Å². The predicted molar refractivity (Wildman–Crippen MR) is 105 cm³/mol. The molecule has 2 atom stereocenters. The van der Waals surface area contributed by atoms with E-state index in [0.717, 1.165) is 38.5 Å². The molecular weight excluding hydrogens is 332 g/mol. The maximum atomic E-state index is 6.40. The van der Waals surface area contributed by atoms with E-state index in [0.29, 0.717) is 5.92 Å². The summed E-state index contributed by atoms with van der Waals surface area (Å²) in [4.78, 5) is 9.50. The number of hydrogen-bond donors (Lipinski definition) is 1. The molecule has 0 saturated carbocycles. The normalized spacial score (nSPS) is 23.6. The van der Waals surface area contributed by atoms with E-state index in [-0.39, 0.29) is 18.4 Å². The molecule has 0 radical (unpaired) electrons. The third-order valence-corrected chi connectivity index (χ3v) is 5.31. The number of hydrogen-bond acceptors (Lipinski definition) is 4. The van der Waals surface area contributed by atoms with Crippen LogP contribution in [0.4, 0.5) is 5.82 Å². The lowest BCUT2D eigenvalue weighted by molar-refractivity contribution is 0.323. The molecule has 1 aromatic heterocycles. The topological polar surface area (TPSA) is 45.4 Å². The molecule has 0 amide bonds. The van der Waals surface area contributed by atoms with E-state index in [1.54, 1.807) is 0 Å². The number of benzene rings is 1. The molecule has 3 heterocycles. The largest absolute Gasteiger partial charge is 0.357 e. The molecule has 0 spiro atoms. The SMILES string of the molecule is Cl.N[C@@H]1CN(Cc2ccc(N3CCCC3)nc2)C[C@H]1c1ccccc1. The Morgan fingerprint density at radius 3 is 2.44 bits per heavy atom. The Bertz CT molecular complexity index is 655. The molecule has 2 aromatic rings. The van der Waals surface area contributed by atoms with Gasteiger partial charge in [0.25, 0.3) is 0 Å². The van der Waals surface area contributed by atoms with Crippen LogP contribution in [0.2, 0.25) is 0 Å². The highest BCUT2D eigenvalue weighted by Crippen LogP contribution is 2.27. The van der Waals surface area contributed by atoms with Crippen LogP contribution in [0.5, 0.6) is 0 Å². The summed E-state index contributed by atoms with van der Waals surface area (Å²) in [6.07, 6.45) is 4.61. The fraction of sp³-hybridized carbons (Fsp3) is 0.450. The van der Waals surface area contributed by atoms with Crippen LogP contribution in [-0.2, 0) is 6.54 Å². The Labute approximate surface area is 156 Å². The van der Waals surface area contributed by atoms with Crippen molar-refractivity contribution in [3.63, 3.8) is 0 Å². The van der Waals surface area contributed by atoms with Gasteiger partial charge in [-0.1, -0.05) is 36.4 Å². The second kappa shape index (κ2) is 8.17. The fourth-order valence-electron chi connectivity index (χ4n) is 4.00. The Hall–Kier alpha value is -1.62. The molecule has 4 nitrogen and oxygen atoms in total. The Morgan fingerprint density at radius 1 is 1.00 bits per heavy atom. The standard InChI is InChI=1S/C20H26N4.ClH/c21-19-15-23(14-18(19)17-6-2-1-3-7-17)13-16-8-9-20(22-12-16)24-10-4-5-11-24;/h1-3,6-9,12,18-19H,4-5,10-11,13-15,21H2;1H/t18-,19+;/m0./s1. The maximum Gasteiger partial charge on any atom is 0.128 e. The summed E-state index contributed by atoms with van der Waals surface area (Å²) in [6.45, 7) is 5.20. The monoisotopic (exact) mass is 358 g/mol.